The highest BCUT2D eigenvalue weighted by atomic mass is 32.1. The molecular formula is C11H12NS2. The molecule has 0 amide bonds. The molecular weight excluding hydrogens is 210 g/mol. The Morgan fingerprint density at radius 3 is 2.71 bits per heavy atom. The van der Waals surface area contributed by atoms with Crippen LogP contribution < -0.4 is 0 Å². The van der Waals surface area contributed by atoms with E-state index in [0.717, 1.165) is 16.9 Å². The van der Waals surface area contributed by atoms with E-state index in [1.165, 1.54) is 4.70 Å². The largest absolute Gasteiger partial charge is 0.241 e. The van der Waals surface area contributed by atoms with Crippen molar-refractivity contribution < 1.29 is 0 Å². The fraction of sp³-hybridized carbons (Fsp3) is 0.364. The van der Waals surface area contributed by atoms with Gasteiger partial charge in [-0.25, -0.2) is 4.98 Å². The van der Waals surface area contributed by atoms with Crippen LogP contribution >= 0.6 is 24.0 Å². The normalized spacial score (nSPS) is 12.2. The Morgan fingerprint density at radius 2 is 2.07 bits per heavy atom. The lowest BCUT2D eigenvalue weighted by atomic mass is 10.1. The second kappa shape index (κ2) is 3.55. The van der Waals surface area contributed by atoms with E-state index in [1.807, 2.05) is 18.2 Å². The molecule has 1 radical (unpaired) electrons. The van der Waals surface area contributed by atoms with Crippen molar-refractivity contribution in [2.75, 3.05) is 0 Å². The molecule has 0 unspecified atom stereocenters. The lowest BCUT2D eigenvalue weighted by molar-refractivity contribution is 0.712. The van der Waals surface area contributed by atoms with E-state index in [2.05, 4.69) is 24.9 Å². The molecule has 1 aromatic carbocycles. The molecule has 0 aliphatic rings. The fourth-order valence-electron chi connectivity index (χ4n) is 1.36. The van der Waals surface area contributed by atoms with E-state index in [0.29, 0.717) is 0 Å². The molecule has 0 atom stereocenters. The van der Waals surface area contributed by atoms with Crippen LogP contribution in [0.5, 0.6) is 0 Å². The smallest absolute Gasteiger partial charge is 0.0952 e. The van der Waals surface area contributed by atoms with Crippen LogP contribution in [-0.4, -0.2) is 9.73 Å². The van der Waals surface area contributed by atoms with Crippen molar-refractivity contribution in [1.29, 1.82) is 0 Å². The highest BCUT2D eigenvalue weighted by molar-refractivity contribution is 7.81. The van der Waals surface area contributed by atoms with E-state index in [1.54, 1.807) is 11.3 Å². The van der Waals surface area contributed by atoms with E-state index in [-0.39, 0.29) is 4.75 Å². The van der Waals surface area contributed by atoms with Gasteiger partial charge in [0.1, 0.15) is 0 Å². The van der Waals surface area contributed by atoms with Gasteiger partial charge in [0.25, 0.3) is 0 Å². The van der Waals surface area contributed by atoms with Crippen LogP contribution in [0.15, 0.2) is 24.3 Å². The Hall–Kier alpha value is -0.540. The third kappa shape index (κ3) is 2.28. The van der Waals surface area contributed by atoms with Crippen LogP contribution in [0.4, 0.5) is 0 Å². The van der Waals surface area contributed by atoms with Crippen molar-refractivity contribution in [3.05, 3.63) is 29.3 Å². The molecule has 0 aliphatic carbocycles. The van der Waals surface area contributed by atoms with Gasteiger partial charge in [-0.15, -0.1) is 11.3 Å². The summed E-state index contributed by atoms with van der Waals surface area (Å²) < 4.78 is 1.16. The van der Waals surface area contributed by atoms with Gasteiger partial charge in [0.05, 0.1) is 15.2 Å². The third-order valence-electron chi connectivity index (χ3n) is 1.92. The van der Waals surface area contributed by atoms with Crippen molar-refractivity contribution in [1.82, 2.24) is 4.98 Å². The van der Waals surface area contributed by atoms with Crippen LogP contribution in [0.2, 0.25) is 0 Å². The number of nitrogens with zero attached hydrogens (tertiary/aromatic N) is 1. The molecule has 2 rings (SSSR count). The summed E-state index contributed by atoms with van der Waals surface area (Å²) in [5.74, 6) is 0. The van der Waals surface area contributed by atoms with Gasteiger partial charge in [-0.3, -0.25) is 0 Å². The molecule has 14 heavy (non-hydrogen) atoms. The molecule has 1 heterocycles. The van der Waals surface area contributed by atoms with Crippen molar-refractivity contribution in [2.45, 2.75) is 25.0 Å². The molecule has 3 heteroatoms. The van der Waals surface area contributed by atoms with Gasteiger partial charge in [0, 0.05) is 11.2 Å². The zero-order valence-corrected chi connectivity index (χ0v) is 9.91. The first-order valence-electron chi connectivity index (χ1n) is 4.59. The predicted molar refractivity (Wildman–Crippen MR) is 65.0 cm³/mol. The van der Waals surface area contributed by atoms with Gasteiger partial charge in [-0.1, -0.05) is 24.8 Å². The Kier molecular flexibility index (Phi) is 2.54. The summed E-state index contributed by atoms with van der Waals surface area (Å²) in [6.07, 6.45) is 0.877. The van der Waals surface area contributed by atoms with Gasteiger partial charge in [0.15, 0.2) is 0 Å². The number of hydrogen-bond acceptors (Lipinski definition) is 2. The van der Waals surface area contributed by atoms with Crippen molar-refractivity contribution >= 4 is 34.2 Å². The summed E-state index contributed by atoms with van der Waals surface area (Å²) in [4.78, 5) is 4.55. The maximum absolute atomic E-state index is 5.34. The topological polar surface area (TPSA) is 12.9 Å². The lowest BCUT2D eigenvalue weighted by Crippen LogP contribution is -2.13. The maximum Gasteiger partial charge on any atom is 0.0952 e. The molecule has 0 aliphatic heterocycles. The molecule has 2 aromatic rings. The first-order chi connectivity index (χ1) is 6.54. The minimum absolute atomic E-state index is 0.0894. The van der Waals surface area contributed by atoms with Crippen LogP contribution in [0.3, 0.4) is 0 Å². The van der Waals surface area contributed by atoms with Gasteiger partial charge in [0.2, 0.25) is 0 Å². The SMILES string of the molecule is CC(C)([S])Cc1nc2ccccc2s1. The monoisotopic (exact) mass is 222 g/mol. The van der Waals surface area contributed by atoms with Crippen molar-refractivity contribution in [3.8, 4) is 0 Å². The molecule has 73 valence electrons. The highest BCUT2D eigenvalue weighted by Crippen LogP contribution is 2.26. The predicted octanol–water partition coefficient (Wildman–Crippen LogP) is 3.81. The average molecular weight is 222 g/mol. The number of para-hydroxylation sites is 1. The second-order valence-corrected chi connectivity index (χ2v) is 6.23. The van der Waals surface area contributed by atoms with Crippen LogP contribution in [0, 0.1) is 0 Å². The summed E-state index contributed by atoms with van der Waals surface area (Å²) in [5, 5.41) is 1.14. The second-order valence-electron chi connectivity index (χ2n) is 4.01. The van der Waals surface area contributed by atoms with E-state index in [4.69, 9.17) is 12.6 Å². The molecule has 0 fully saturated rings. The molecule has 0 saturated heterocycles. The van der Waals surface area contributed by atoms with Crippen molar-refractivity contribution in [3.63, 3.8) is 0 Å². The number of rotatable bonds is 2. The van der Waals surface area contributed by atoms with Gasteiger partial charge in [-0.2, -0.15) is 0 Å². The quantitative estimate of drug-likeness (QED) is 0.753. The highest BCUT2D eigenvalue weighted by Gasteiger charge is 2.16. The molecule has 1 aromatic heterocycles. The third-order valence-corrected chi connectivity index (χ3v) is 3.10. The molecule has 0 bridgehead atoms. The number of benzene rings is 1. The molecule has 1 nitrogen and oxygen atoms in total. The van der Waals surface area contributed by atoms with Crippen molar-refractivity contribution in [2.24, 2.45) is 0 Å². The Labute approximate surface area is 93.6 Å². The van der Waals surface area contributed by atoms with Crippen LogP contribution in [-0.2, 0) is 6.42 Å². The maximum atomic E-state index is 5.34. The summed E-state index contributed by atoms with van der Waals surface area (Å²) in [6.45, 7) is 4.13. The van der Waals surface area contributed by atoms with Gasteiger partial charge in [-0.05, 0) is 26.0 Å². The summed E-state index contributed by atoms with van der Waals surface area (Å²) in [7, 11) is 0. The van der Waals surface area contributed by atoms with E-state index >= 15 is 0 Å². The summed E-state index contributed by atoms with van der Waals surface area (Å²) in [5.41, 5.74) is 1.09. The zero-order valence-electron chi connectivity index (χ0n) is 8.28. The lowest BCUT2D eigenvalue weighted by Gasteiger charge is -2.12. The number of hydrogen-bond donors (Lipinski definition) is 0. The molecule has 0 N–H and O–H groups in total. The number of thiazole rings is 1. The first-order valence-corrected chi connectivity index (χ1v) is 5.82. The Bertz CT molecular complexity index is 407. The van der Waals surface area contributed by atoms with E-state index < -0.39 is 0 Å². The van der Waals surface area contributed by atoms with Gasteiger partial charge >= 0.3 is 0 Å². The van der Waals surface area contributed by atoms with Gasteiger partial charge < -0.3 is 0 Å². The van der Waals surface area contributed by atoms with Crippen LogP contribution in [0.1, 0.15) is 18.9 Å². The molecule has 0 spiro atoms. The fourth-order valence-corrected chi connectivity index (χ4v) is 2.78. The minimum atomic E-state index is -0.0894. The first kappa shape index (κ1) is 9.99. The molecule has 0 saturated carbocycles. The summed E-state index contributed by atoms with van der Waals surface area (Å²) in [6, 6.07) is 8.21. The summed E-state index contributed by atoms with van der Waals surface area (Å²) >= 11 is 7.08. The van der Waals surface area contributed by atoms with Crippen LogP contribution in [0.25, 0.3) is 10.2 Å². The zero-order chi connectivity index (χ0) is 10.2. The van der Waals surface area contributed by atoms with E-state index in [9.17, 15) is 0 Å². The Morgan fingerprint density at radius 1 is 1.36 bits per heavy atom. The Balaban J connectivity index is 2.36. The number of aromatic nitrogens is 1. The minimum Gasteiger partial charge on any atom is -0.241 e. The average Bonchev–Trinajstić information content (AvgIpc) is 2.42. The number of fused-ring (bicyclic) bond motifs is 1. The standard InChI is InChI=1S/C11H12NS2/c1-11(2,13)7-10-12-8-5-3-4-6-9(8)14-10/h3-6H,7H2,1-2H3.